The largest absolute Gasteiger partial charge is 0.480 e. The van der Waals surface area contributed by atoms with Gasteiger partial charge in [-0.2, -0.15) is 11.8 Å². The number of ether oxygens (including phenoxy) is 1. The first-order valence-electron chi connectivity index (χ1n) is 7.25. The van der Waals surface area contributed by atoms with Crippen molar-refractivity contribution in [3.8, 4) is 0 Å². The molecule has 0 saturated carbocycles. The van der Waals surface area contributed by atoms with E-state index in [1.54, 1.807) is 0 Å². The van der Waals surface area contributed by atoms with Crippen molar-refractivity contribution in [2.24, 2.45) is 0 Å². The molecule has 0 radical (unpaired) electrons. The van der Waals surface area contributed by atoms with Crippen molar-refractivity contribution >= 4 is 29.6 Å². The van der Waals surface area contributed by atoms with E-state index in [4.69, 9.17) is 9.84 Å². The van der Waals surface area contributed by atoms with Crippen molar-refractivity contribution in [3.05, 3.63) is 0 Å². The summed E-state index contributed by atoms with van der Waals surface area (Å²) in [5.41, 5.74) is 0. The zero-order valence-electron chi connectivity index (χ0n) is 12.5. The van der Waals surface area contributed by atoms with E-state index < -0.39 is 12.0 Å². The maximum Gasteiger partial charge on any atom is 0.327 e. The third-order valence-electron chi connectivity index (χ3n) is 3.31. The number of esters is 1. The molecule has 0 bridgehead atoms. The molecule has 21 heavy (non-hydrogen) atoms. The highest BCUT2D eigenvalue weighted by molar-refractivity contribution is 8.00. The molecule has 120 valence electrons. The van der Waals surface area contributed by atoms with Crippen LogP contribution in [-0.2, 0) is 19.1 Å². The maximum absolute atomic E-state index is 11.4. The van der Waals surface area contributed by atoms with E-state index in [0.29, 0.717) is 6.42 Å². The summed E-state index contributed by atoms with van der Waals surface area (Å²) in [6.45, 7) is 3.40. The summed E-state index contributed by atoms with van der Waals surface area (Å²) in [7, 11) is 0. The molecule has 1 aliphatic heterocycles. The average Bonchev–Trinajstić information content (AvgIpc) is 2.74. The number of amides is 1. The zero-order chi connectivity index (χ0) is 15.8. The van der Waals surface area contributed by atoms with Gasteiger partial charge in [0.2, 0.25) is 5.91 Å². The summed E-state index contributed by atoms with van der Waals surface area (Å²) >= 11 is 1.39. The van der Waals surface area contributed by atoms with Crippen LogP contribution in [0.25, 0.3) is 0 Å². The number of thioether (sulfide) groups is 1. The average molecular weight is 317 g/mol. The third-order valence-corrected chi connectivity index (χ3v) is 4.73. The van der Waals surface area contributed by atoms with Gasteiger partial charge in [0.05, 0.1) is 11.7 Å². The molecule has 2 unspecified atom stereocenters. The van der Waals surface area contributed by atoms with Crippen molar-refractivity contribution in [2.45, 2.75) is 63.3 Å². The molecule has 2 N–H and O–H groups in total. The Morgan fingerprint density at radius 1 is 1.48 bits per heavy atom. The zero-order valence-corrected chi connectivity index (χ0v) is 13.3. The monoisotopic (exact) mass is 317 g/mol. The lowest BCUT2D eigenvalue weighted by Crippen LogP contribution is -2.42. The highest BCUT2D eigenvalue weighted by atomic mass is 32.2. The number of aliphatic carboxylic acids is 1. The van der Waals surface area contributed by atoms with Gasteiger partial charge >= 0.3 is 11.9 Å². The van der Waals surface area contributed by atoms with Crippen molar-refractivity contribution in [1.82, 2.24) is 5.32 Å². The van der Waals surface area contributed by atoms with Crippen LogP contribution >= 0.6 is 11.8 Å². The van der Waals surface area contributed by atoms with Gasteiger partial charge in [-0.25, -0.2) is 4.79 Å². The van der Waals surface area contributed by atoms with Crippen LogP contribution < -0.4 is 5.32 Å². The van der Waals surface area contributed by atoms with Crippen molar-refractivity contribution in [2.75, 3.05) is 5.75 Å². The number of hydrogen-bond acceptors (Lipinski definition) is 5. The number of nitrogens with one attached hydrogen (secondary N) is 1. The summed E-state index contributed by atoms with van der Waals surface area (Å²) in [5.74, 6) is -1.42. The van der Waals surface area contributed by atoms with Crippen molar-refractivity contribution in [1.29, 1.82) is 0 Å². The molecule has 0 aromatic carbocycles. The summed E-state index contributed by atoms with van der Waals surface area (Å²) in [6.07, 6.45) is 4.18. The molecule has 7 heteroatoms. The van der Waals surface area contributed by atoms with Crippen LogP contribution in [0.2, 0.25) is 0 Å². The molecule has 6 nitrogen and oxygen atoms in total. The molecule has 1 fully saturated rings. The van der Waals surface area contributed by atoms with Crippen LogP contribution in [0.15, 0.2) is 0 Å². The van der Waals surface area contributed by atoms with E-state index in [2.05, 4.69) is 12.2 Å². The topological polar surface area (TPSA) is 92.7 Å². The van der Waals surface area contributed by atoms with Crippen LogP contribution in [0, 0.1) is 0 Å². The smallest absolute Gasteiger partial charge is 0.327 e. The first kappa shape index (κ1) is 17.8. The molecule has 0 aliphatic carbocycles. The Balaban J connectivity index is 2.47. The Morgan fingerprint density at radius 2 is 2.19 bits per heavy atom. The summed E-state index contributed by atoms with van der Waals surface area (Å²) in [4.78, 5) is 33.5. The summed E-state index contributed by atoms with van der Waals surface area (Å²) < 4.78 is 5.30. The SMILES string of the molecule is CCCCCC1OC(=O)CC1SC[C@H](NC(C)=O)C(=O)O. The number of unbranched alkanes of at least 4 members (excludes halogenated alkanes) is 2. The minimum atomic E-state index is -1.06. The maximum atomic E-state index is 11.4. The predicted molar refractivity (Wildman–Crippen MR) is 80.1 cm³/mol. The Hall–Kier alpha value is -1.24. The minimum Gasteiger partial charge on any atom is -0.480 e. The van der Waals surface area contributed by atoms with Gasteiger partial charge in [-0.15, -0.1) is 0 Å². The molecule has 1 saturated heterocycles. The van der Waals surface area contributed by atoms with E-state index >= 15 is 0 Å². The van der Waals surface area contributed by atoms with Gasteiger partial charge in [-0.05, 0) is 12.8 Å². The fourth-order valence-corrected chi connectivity index (χ4v) is 3.56. The number of cyclic esters (lactones) is 1. The number of carbonyl (C=O) groups excluding carboxylic acids is 2. The number of carboxylic acids is 1. The molecule has 1 aliphatic rings. The highest BCUT2D eigenvalue weighted by Gasteiger charge is 2.35. The lowest BCUT2D eigenvalue weighted by Gasteiger charge is -2.19. The number of carbonyl (C=O) groups is 3. The molecular formula is C14H23NO5S. The number of rotatable bonds is 9. The summed E-state index contributed by atoms with van der Waals surface area (Å²) in [5, 5.41) is 11.4. The highest BCUT2D eigenvalue weighted by Crippen LogP contribution is 2.31. The van der Waals surface area contributed by atoms with E-state index in [1.165, 1.54) is 18.7 Å². The second kappa shape index (κ2) is 8.92. The second-order valence-corrected chi connectivity index (χ2v) is 6.46. The first-order valence-corrected chi connectivity index (χ1v) is 8.30. The fraction of sp³-hybridized carbons (Fsp3) is 0.786. The van der Waals surface area contributed by atoms with Crippen LogP contribution in [0.3, 0.4) is 0 Å². The van der Waals surface area contributed by atoms with Crippen LogP contribution in [-0.4, -0.2) is 46.1 Å². The number of hydrogen-bond donors (Lipinski definition) is 2. The normalized spacial score (nSPS) is 22.7. The molecule has 1 amide bonds. The molecule has 3 atom stereocenters. The fourth-order valence-electron chi connectivity index (χ4n) is 2.24. The van der Waals surface area contributed by atoms with Crippen LogP contribution in [0.1, 0.15) is 46.0 Å². The van der Waals surface area contributed by atoms with Gasteiger partial charge in [-0.3, -0.25) is 9.59 Å². The molecule has 0 spiro atoms. The van der Waals surface area contributed by atoms with Gasteiger partial charge in [0, 0.05) is 12.7 Å². The second-order valence-electron chi connectivity index (χ2n) is 5.19. The Kier molecular flexibility index (Phi) is 7.56. The van der Waals surface area contributed by atoms with Gasteiger partial charge in [-0.1, -0.05) is 19.8 Å². The Morgan fingerprint density at radius 3 is 2.76 bits per heavy atom. The third kappa shape index (κ3) is 6.37. The van der Waals surface area contributed by atoms with Gasteiger partial charge < -0.3 is 15.2 Å². The van der Waals surface area contributed by atoms with E-state index in [0.717, 1.165) is 25.7 Å². The standard InChI is InChI=1S/C14H23NO5S/c1-3-4-5-6-11-12(7-13(17)20-11)21-8-10(14(18)19)15-9(2)16/h10-12H,3-8H2,1-2H3,(H,15,16)(H,18,19)/t10-,11?,12?/m0/s1. The molecule has 0 aromatic rings. The van der Waals surface area contributed by atoms with E-state index in [1.807, 2.05) is 0 Å². The first-order chi connectivity index (χ1) is 9.93. The predicted octanol–water partition coefficient (Wildman–Crippen LogP) is 1.57. The lowest BCUT2D eigenvalue weighted by molar-refractivity contribution is -0.142. The van der Waals surface area contributed by atoms with Crippen LogP contribution in [0.4, 0.5) is 0 Å². The summed E-state index contributed by atoms with van der Waals surface area (Å²) in [6, 6.07) is -0.931. The van der Waals surface area contributed by atoms with E-state index in [9.17, 15) is 14.4 Å². The van der Waals surface area contributed by atoms with E-state index in [-0.39, 0.29) is 29.0 Å². The van der Waals surface area contributed by atoms with Crippen molar-refractivity contribution in [3.63, 3.8) is 0 Å². The lowest BCUT2D eigenvalue weighted by atomic mass is 10.1. The molecule has 0 aromatic heterocycles. The Bertz CT molecular complexity index is 388. The minimum absolute atomic E-state index is 0.0232. The molecule has 1 rings (SSSR count). The van der Waals surface area contributed by atoms with Crippen molar-refractivity contribution < 1.29 is 24.2 Å². The number of carboxylic acid groups (broad SMARTS) is 1. The quantitative estimate of drug-likeness (QED) is 0.495. The Labute approximate surface area is 129 Å². The molecule has 1 heterocycles. The molecular weight excluding hydrogens is 294 g/mol. The van der Waals surface area contributed by atoms with Gasteiger partial charge in [0.25, 0.3) is 0 Å². The van der Waals surface area contributed by atoms with Crippen LogP contribution in [0.5, 0.6) is 0 Å². The van der Waals surface area contributed by atoms with Gasteiger partial charge in [0.1, 0.15) is 12.1 Å². The van der Waals surface area contributed by atoms with Gasteiger partial charge in [0.15, 0.2) is 0 Å².